The molecule has 3 heteroatoms. The topological polar surface area (TPSA) is 42.4 Å². The zero-order valence-electron chi connectivity index (χ0n) is 12.0. The van der Waals surface area contributed by atoms with Gasteiger partial charge in [0.25, 0.3) is 0 Å². The Balaban J connectivity index is 1.85. The summed E-state index contributed by atoms with van der Waals surface area (Å²) in [6.45, 7) is 4.07. The number of furan rings is 1. The van der Waals surface area contributed by atoms with Crippen molar-refractivity contribution in [2.24, 2.45) is 5.73 Å². The summed E-state index contributed by atoms with van der Waals surface area (Å²) in [5.41, 5.74) is 8.98. The van der Waals surface area contributed by atoms with Gasteiger partial charge in [-0.15, -0.1) is 0 Å². The van der Waals surface area contributed by atoms with Crippen molar-refractivity contribution in [3.63, 3.8) is 0 Å². The van der Waals surface area contributed by atoms with Crippen LogP contribution in [-0.4, -0.2) is 17.5 Å². The molecule has 3 rings (SSSR count). The Morgan fingerprint density at radius 1 is 1.25 bits per heavy atom. The van der Waals surface area contributed by atoms with Crippen LogP contribution in [0.15, 0.2) is 47.1 Å². The molecule has 2 atom stereocenters. The quantitative estimate of drug-likeness (QED) is 0.931. The summed E-state index contributed by atoms with van der Waals surface area (Å²) in [6.07, 6.45) is 4.02. The first-order valence-corrected chi connectivity index (χ1v) is 7.33. The molecule has 1 saturated heterocycles. The minimum Gasteiger partial charge on any atom is -0.469 e. The highest BCUT2D eigenvalue weighted by Gasteiger charge is 2.32. The summed E-state index contributed by atoms with van der Waals surface area (Å²) in [7, 11) is 0. The molecule has 1 aliphatic rings. The lowest BCUT2D eigenvalue weighted by Crippen LogP contribution is -2.45. The Labute approximate surface area is 120 Å². The van der Waals surface area contributed by atoms with E-state index in [1.54, 1.807) is 6.26 Å². The van der Waals surface area contributed by atoms with Gasteiger partial charge in [-0.3, -0.25) is 4.90 Å². The van der Waals surface area contributed by atoms with E-state index in [2.05, 4.69) is 41.3 Å². The molecule has 0 spiro atoms. The van der Waals surface area contributed by atoms with Gasteiger partial charge in [0, 0.05) is 18.2 Å². The van der Waals surface area contributed by atoms with Gasteiger partial charge >= 0.3 is 0 Å². The zero-order chi connectivity index (χ0) is 13.9. The first-order chi connectivity index (χ1) is 9.75. The molecule has 1 aromatic carbocycles. The molecule has 106 valence electrons. The van der Waals surface area contributed by atoms with Crippen molar-refractivity contribution in [2.75, 3.05) is 6.54 Å². The number of hydrogen-bond acceptors (Lipinski definition) is 3. The normalized spacial score (nSPS) is 23.9. The Morgan fingerprint density at radius 2 is 2.05 bits per heavy atom. The van der Waals surface area contributed by atoms with E-state index in [1.807, 2.05) is 6.92 Å². The first kappa shape index (κ1) is 13.4. The first-order valence-electron chi connectivity index (χ1n) is 7.33. The van der Waals surface area contributed by atoms with Gasteiger partial charge in [0.2, 0.25) is 0 Å². The molecule has 0 aliphatic carbocycles. The predicted octanol–water partition coefficient (Wildman–Crippen LogP) is 3.25. The lowest BCUT2D eigenvalue weighted by Gasteiger charge is -2.39. The second-order valence-corrected chi connectivity index (χ2v) is 5.64. The molecule has 2 unspecified atom stereocenters. The van der Waals surface area contributed by atoms with E-state index >= 15 is 0 Å². The molecule has 2 heterocycles. The van der Waals surface area contributed by atoms with E-state index in [9.17, 15) is 0 Å². The maximum Gasteiger partial charge on any atom is 0.105 e. The van der Waals surface area contributed by atoms with Gasteiger partial charge in [-0.1, -0.05) is 30.3 Å². The van der Waals surface area contributed by atoms with Crippen LogP contribution >= 0.6 is 0 Å². The van der Waals surface area contributed by atoms with Crippen LogP contribution in [-0.2, 0) is 6.54 Å². The van der Waals surface area contributed by atoms with E-state index in [0.29, 0.717) is 0 Å². The standard InChI is InChI=1S/C17H22N2O/c1-13-15(9-11-20-13)17-16(18)8-5-10-19(17)12-14-6-3-2-4-7-14/h2-4,6-7,9,11,16-17H,5,8,10,12,18H2,1H3. The third-order valence-corrected chi connectivity index (χ3v) is 4.23. The van der Waals surface area contributed by atoms with Crippen molar-refractivity contribution in [2.45, 2.75) is 38.4 Å². The van der Waals surface area contributed by atoms with Crippen LogP contribution in [0, 0.1) is 6.92 Å². The van der Waals surface area contributed by atoms with Crippen molar-refractivity contribution in [1.82, 2.24) is 4.90 Å². The molecule has 1 aliphatic heterocycles. The molecule has 0 amide bonds. The molecular weight excluding hydrogens is 248 g/mol. The van der Waals surface area contributed by atoms with Crippen LogP contribution in [0.25, 0.3) is 0 Å². The van der Waals surface area contributed by atoms with E-state index in [-0.39, 0.29) is 12.1 Å². The number of hydrogen-bond donors (Lipinski definition) is 1. The van der Waals surface area contributed by atoms with Gasteiger partial charge in [-0.2, -0.15) is 0 Å². The molecule has 0 saturated carbocycles. The Kier molecular flexibility index (Phi) is 3.90. The van der Waals surface area contributed by atoms with Gasteiger partial charge in [0.05, 0.1) is 12.3 Å². The number of nitrogens with two attached hydrogens (primary N) is 1. The highest BCUT2D eigenvalue weighted by molar-refractivity contribution is 5.24. The van der Waals surface area contributed by atoms with Crippen molar-refractivity contribution >= 4 is 0 Å². The fraction of sp³-hybridized carbons (Fsp3) is 0.412. The fourth-order valence-corrected chi connectivity index (χ4v) is 3.22. The van der Waals surface area contributed by atoms with E-state index in [0.717, 1.165) is 25.3 Å². The SMILES string of the molecule is Cc1occc1C1C(N)CCCN1Cc1ccccc1. The number of nitrogens with zero attached hydrogens (tertiary/aromatic N) is 1. The van der Waals surface area contributed by atoms with Gasteiger partial charge in [0.15, 0.2) is 0 Å². The van der Waals surface area contributed by atoms with Crippen LogP contribution in [0.2, 0.25) is 0 Å². The average Bonchev–Trinajstić information content (AvgIpc) is 2.86. The van der Waals surface area contributed by atoms with Crippen LogP contribution in [0.5, 0.6) is 0 Å². The third-order valence-electron chi connectivity index (χ3n) is 4.23. The minimum atomic E-state index is 0.184. The van der Waals surface area contributed by atoms with Crippen molar-refractivity contribution in [3.8, 4) is 0 Å². The van der Waals surface area contributed by atoms with Crippen molar-refractivity contribution < 1.29 is 4.42 Å². The number of rotatable bonds is 3. The molecule has 2 aromatic rings. The summed E-state index contributed by atoms with van der Waals surface area (Å²) in [5, 5.41) is 0. The lowest BCUT2D eigenvalue weighted by atomic mass is 9.90. The number of likely N-dealkylation sites (tertiary alicyclic amines) is 1. The third kappa shape index (κ3) is 2.65. The maximum absolute atomic E-state index is 6.40. The van der Waals surface area contributed by atoms with Gasteiger partial charge < -0.3 is 10.2 Å². The molecular formula is C17H22N2O. The second kappa shape index (κ2) is 5.81. The summed E-state index contributed by atoms with van der Waals surface area (Å²) >= 11 is 0. The predicted molar refractivity (Wildman–Crippen MR) is 80.2 cm³/mol. The van der Waals surface area contributed by atoms with Crippen LogP contribution in [0.1, 0.15) is 35.8 Å². The second-order valence-electron chi connectivity index (χ2n) is 5.64. The molecule has 1 fully saturated rings. The molecule has 20 heavy (non-hydrogen) atoms. The largest absolute Gasteiger partial charge is 0.469 e. The smallest absolute Gasteiger partial charge is 0.105 e. The molecule has 3 nitrogen and oxygen atoms in total. The van der Waals surface area contributed by atoms with E-state index in [4.69, 9.17) is 10.2 Å². The zero-order valence-corrected chi connectivity index (χ0v) is 12.0. The molecule has 0 bridgehead atoms. The van der Waals surface area contributed by atoms with Crippen LogP contribution in [0.3, 0.4) is 0 Å². The summed E-state index contributed by atoms with van der Waals surface area (Å²) in [4.78, 5) is 2.49. The highest BCUT2D eigenvalue weighted by atomic mass is 16.3. The Bertz CT molecular complexity index is 549. The summed E-state index contributed by atoms with van der Waals surface area (Å²) in [5.74, 6) is 0.991. The van der Waals surface area contributed by atoms with Gasteiger partial charge in [0.1, 0.15) is 5.76 Å². The van der Waals surface area contributed by atoms with E-state index < -0.39 is 0 Å². The lowest BCUT2D eigenvalue weighted by molar-refractivity contribution is 0.119. The minimum absolute atomic E-state index is 0.184. The summed E-state index contributed by atoms with van der Waals surface area (Å²) in [6, 6.07) is 13.1. The van der Waals surface area contributed by atoms with Gasteiger partial charge in [-0.05, 0) is 37.9 Å². The van der Waals surface area contributed by atoms with Crippen LogP contribution in [0.4, 0.5) is 0 Å². The maximum atomic E-state index is 6.40. The molecule has 1 aromatic heterocycles. The monoisotopic (exact) mass is 270 g/mol. The Hall–Kier alpha value is -1.58. The number of aryl methyl sites for hydroxylation is 1. The van der Waals surface area contributed by atoms with E-state index in [1.165, 1.54) is 17.5 Å². The number of piperidine rings is 1. The van der Waals surface area contributed by atoms with Crippen LogP contribution < -0.4 is 5.73 Å². The molecule has 0 radical (unpaired) electrons. The number of benzene rings is 1. The summed E-state index contributed by atoms with van der Waals surface area (Å²) < 4.78 is 5.48. The van der Waals surface area contributed by atoms with Crippen molar-refractivity contribution in [3.05, 3.63) is 59.5 Å². The Morgan fingerprint density at radius 3 is 2.75 bits per heavy atom. The molecule has 2 N–H and O–H groups in total. The highest BCUT2D eigenvalue weighted by Crippen LogP contribution is 2.33. The van der Waals surface area contributed by atoms with Crippen molar-refractivity contribution in [1.29, 1.82) is 0 Å². The van der Waals surface area contributed by atoms with Gasteiger partial charge in [-0.25, -0.2) is 0 Å². The fourth-order valence-electron chi connectivity index (χ4n) is 3.22. The average molecular weight is 270 g/mol.